The molecule has 0 spiro atoms. The summed E-state index contributed by atoms with van der Waals surface area (Å²) in [7, 11) is 1.63. The summed E-state index contributed by atoms with van der Waals surface area (Å²) >= 11 is 0. The smallest absolute Gasteiger partial charge is 0.274 e. The van der Waals surface area contributed by atoms with Gasteiger partial charge >= 0.3 is 0 Å². The van der Waals surface area contributed by atoms with Crippen molar-refractivity contribution in [3.05, 3.63) is 75.7 Å². The van der Waals surface area contributed by atoms with Gasteiger partial charge in [0.2, 0.25) is 0 Å². The third-order valence-corrected chi connectivity index (χ3v) is 6.74. The van der Waals surface area contributed by atoms with E-state index >= 15 is 0 Å². The number of aryl methyl sites for hydroxylation is 3. The fraction of sp³-hybridized carbons (Fsp3) is 0.300. The lowest BCUT2D eigenvalue weighted by molar-refractivity contribution is 0.0951. The number of benzene rings is 2. The molecule has 0 aliphatic carbocycles. The number of amides is 1. The third kappa shape index (κ3) is 4.97. The van der Waals surface area contributed by atoms with Crippen molar-refractivity contribution in [2.75, 3.05) is 6.54 Å². The second-order valence-electron chi connectivity index (χ2n) is 10.7. The second-order valence-corrected chi connectivity index (χ2v) is 10.7. The van der Waals surface area contributed by atoms with Crippen LogP contribution in [0.1, 0.15) is 42.4 Å². The van der Waals surface area contributed by atoms with Crippen LogP contribution < -0.4 is 15.6 Å². The van der Waals surface area contributed by atoms with E-state index in [1.165, 1.54) is 30.5 Å². The van der Waals surface area contributed by atoms with Gasteiger partial charge in [-0.1, -0.05) is 0 Å². The number of aromatic amines is 1. The minimum absolute atomic E-state index is 0.0283. The van der Waals surface area contributed by atoms with Gasteiger partial charge in [0.25, 0.3) is 11.5 Å². The predicted molar refractivity (Wildman–Crippen MR) is 151 cm³/mol. The first-order chi connectivity index (χ1) is 18.9. The maximum Gasteiger partial charge on any atom is 0.274 e. The van der Waals surface area contributed by atoms with Crippen molar-refractivity contribution in [2.45, 2.75) is 46.8 Å². The predicted octanol–water partition coefficient (Wildman–Crippen LogP) is 5.93. The zero-order valence-corrected chi connectivity index (χ0v) is 23.3. The molecule has 0 unspecified atom stereocenters. The molecule has 2 N–H and O–H groups in total. The highest BCUT2D eigenvalue weighted by atomic mass is 19.1. The van der Waals surface area contributed by atoms with E-state index in [2.05, 4.69) is 15.4 Å². The van der Waals surface area contributed by atoms with Gasteiger partial charge in [0.05, 0.1) is 18.3 Å². The normalized spacial score (nSPS) is 11.9. The number of hydrogen-bond acceptors (Lipinski definition) is 4. The van der Waals surface area contributed by atoms with Gasteiger partial charge in [-0.25, -0.2) is 8.78 Å². The van der Waals surface area contributed by atoms with Crippen LogP contribution in [0.4, 0.5) is 8.78 Å². The largest absolute Gasteiger partial charge is 0.456 e. The van der Waals surface area contributed by atoms with Crippen molar-refractivity contribution >= 4 is 27.7 Å². The monoisotopic (exact) mass is 547 g/mol. The molecule has 5 rings (SSSR count). The molecule has 3 heterocycles. The number of carbonyl (C=O) groups excluding carboxylic acids is 1. The standard InChI is InChI=1S/C30H31F2N5O3/c1-7-33-28(38)23-11-21-22(14-36(6)29(39)26(21)35-23)20-12-24-18(13-34-37(24)15-30(4,5)32)10-25(20)40-27-16(2)8-19(31)9-17(27)3/h8-14,35H,7,15H2,1-6H3,(H,33,38). The van der Waals surface area contributed by atoms with Gasteiger partial charge in [0, 0.05) is 41.7 Å². The molecule has 10 heteroatoms. The molecule has 0 atom stereocenters. The molecule has 0 bridgehead atoms. The number of aromatic nitrogens is 4. The highest BCUT2D eigenvalue weighted by Crippen LogP contribution is 2.41. The van der Waals surface area contributed by atoms with E-state index in [1.54, 1.807) is 50.1 Å². The number of nitrogens with zero attached hydrogens (tertiary/aromatic N) is 3. The van der Waals surface area contributed by atoms with Crippen molar-refractivity contribution in [3.63, 3.8) is 0 Å². The fourth-order valence-corrected chi connectivity index (χ4v) is 4.98. The summed E-state index contributed by atoms with van der Waals surface area (Å²) in [6, 6.07) is 8.08. The molecular weight excluding hydrogens is 516 g/mol. The van der Waals surface area contributed by atoms with Crippen LogP contribution in [0.15, 0.2) is 47.5 Å². The molecule has 5 aromatic rings. The molecule has 3 aromatic heterocycles. The Hall–Kier alpha value is -4.47. The number of ether oxygens (including phenoxy) is 1. The molecule has 0 aliphatic rings. The lowest BCUT2D eigenvalue weighted by Crippen LogP contribution is -2.23. The maximum atomic E-state index is 14.6. The first-order valence-corrected chi connectivity index (χ1v) is 13.0. The Kier molecular flexibility index (Phi) is 6.73. The SMILES string of the molecule is CCNC(=O)c1cc2c(-c3cc4c(cnn4CC(C)(C)F)cc3Oc3c(C)cc(F)cc3C)cn(C)c(=O)c2[nH]1. The molecule has 2 aromatic carbocycles. The van der Waals surface area contributed by atoms with Crippen LogP contribution >= 0.6 is 0 Å². The molecule has 0 fully saturated rings. The lowest BCUT2D eigenvalue weighted by Gasteiger charge is -2.18. The number of H-pyrrole nitrogens is 1. The minimum Gasteiger partial charge on any atom is -0.456 e. The van der Waals surface area contributed by atoms with Gasteiger partial charge in [0.1, 0.15) is 34.2 Å². The molecular formula is C30H31F2N5O3. The van der Waals surface area contributed by atoms with E-state index in [0.717, 1.165) is 5.39 Å². The number of fused-ring (bicyclic) bond motifs is 2. The molecule has 0 saturated heterocycles. The van der Waals surface area contributed by atoms with Gasteiger partial charge < -0.3 is 19.6 Å². The number of nitrogens with one attached hydrogen (secondary N) is 2. The Morgan fingerprint density at radius 3 is 2.48 bits per heavy atom. The molecule has 208 valence electrons. The summed E-state index contributed by atoms with van der Waals surface area (Å²) < 4.78 is 38.2. The van der Waals surface area contributed by atoms with E-state index in [1.807, 2.05) is 13.0 Å². The first-order valence-electron chi connectivity index (χ1n) is 13.0. The first kappa shape index (κ1) is 27.1. The van der Waals surface area contributed by atoms with E-state index in [-0.39, 0.29) is 35.0 Å². The average Bonchev–Trinajstić information content (AvgIpc) is 3.47. The third-order valence-electron chi connectivity index (χ3n) is 6.74. The molecule has 40 heavy (non-hydrogen) atoms. The number of rotatable bonds is 7. The van der Waals surface area contributed by atoms with Gasteiger partial charge in [-0.15, -0.1) is 0 Å². The summed E-state index contributed by atoms with van der Waals surface area (Å²) in [5.74, 6) is 0.236. The summed E-state index contributed by atoms with van der Waals surface area (Å²) in [6.45, 7) is 8.77. The van der Waals surface area contributed by atoms with Gasteiger partial charge in [-0.2, -0.15) is 5.10 Å². The van der Waals surface area contributed by atoms with Crippen molar-refractivity contribution < 1.29 is 18.3 Å². The number of halogens is 2. The molecule has 0 saturated carbocycles. The van der Waals surface area contributed by atoms with Crippen LogP contribution in [-0.2, 0) is 13.6 Å². The van der Waals surface area contributed by atoms with E-state index in [4.69, 9.17) is 4.74 Å². The lowest BCUT2D eigenvalue weighted by atomic mass is 10.0. The topological polar surface area (TPSA) is 93.9 Å². The van der Waals surface area contributed by atoms with Crippen LogP contribution in [0.3, 0.4) is 0 Å². The van der Waals surface area contributed by atoms with Crippen LogP contribution in [0.25, 0.3) is 32.9 Å². The fourth-order valence-electron chi connectivity index (χ4n) is 4.98. The van der Waals surface area contributed by atoms with E-state index in [9.17, 15) is 18.4 Å². The number of carbonyl (C=O) groups is 1. The Labute approximate surface area is 229 Å². The summed E-state index contributed by atoms with van der Waals surface area (Å²) in [5, 5.41) is 8.40. The zero-order chi connectivity index (χ0) is 28.9. The minimum atomic E-state index is -1.51. The van der Waals surface area contributed by atoms with Gasteiger partial charge in [-0.05, 0) is 76.1 Å². The van der Waals surface area contributed by atoms with Crippen LogP contribution in [0, 0.1) is 19.7 Å². The molecule has 1 amide bonds. The van der Waals surface area contributed by atoms with Gasteiger partial charge in [0.15, 0.2) is 0 Å². The van der Waals surface area contributed by atoms with Crippen LogP contribution in [-0.4, -0.2) is 37.5 Å². The number of pyridine rings is 1. The Morgan fingerprint density at radius 2 is 1.82 bits per heavy atom. The summed E-state index contributed by atoms with van der Waals surface area (Å²) in [6.07, 6.45) is 3.32. The number of hydrogen-bond donors (Lipinski definition) is 2. The summed E-state index contributed by atoms with van der Waals surface area (Å²) in [4.78, 5) is 28.7. The average molecular weight is 548 g/mol. The van der Waals surface area contributed by atoms with E-state index < -0.39 is 5.67 Å². The van der Waals surface area contributed by atoms with E-state index in [0.29, 0.717) is 51.2 Å². The van der Waals surface area contributed by atoms with Crippen LogP contribution in [0.2, 0.25) is 0 Å². The maximum absolute atomic E-state index is 14.6. The Bertz CT molecular complexity index is 1820. The Morgan fingerprint density at radius 1 is 1.12 bits per heavy atom. The molecule has 0 aliphatic heterocycles. The highest BCUT2D eigenvalue weighted by molar-refractivity contribution is 6.04. The zero-order valence-electron chi connectivity index (χ0n) is 23.3. The van der Waals surface area contributed by atoms with Crippen molar-refractivity contribution in [3.8, 4) is 22.6 Å². The number of alkyl halides is 1. The van der Waals surface area contributed by atoms with Crippen molar-refractivity contribution in [2.24, 2.45) is 7.05 Å². The summed E-state index contributed by atoms with van der Waals surface area (Å²) in [5.41, 5.74) is 1.81. The second kappa shape index (κ2) is 9.93. The van der Waals surface area contributed by atoms with Crippen molar-refractivity contribution in [1.29, 1.82) is 0 Å². The quantitative estimate of drug-likeness (QED) is 0.264. The molecule has 8 nitrogen and oxygen atoms in total. The van der Waals surface area contributed by atoms with Gasteiger partial charge in [-0.3, -0.25) is 14.3 Å². The van der Waals surface area contributed by atoms with Crippen molar-refractivity contribution in [1.82, 2.24) is 24.6 Å². The highest BCUT2D eigenvalue weighted by Gasteiger charge is 2.23. The van der Waals surface area contributed by atoms with Crippen LogP contribution in [0.5, 0.6) is 11.5 Å². The molecule has 0 radical (unpaired) electrons. The Balaban J connectivity index is 1.80.